The summed E-state index contributed by atoms with van der Waals surface area (Å²) >= 11 is 0. The molecule has 4 heterocycles. The van der Waals surface area contributed by atoms with Crippen LogP contribution in [0.15, 0.2) is 30.5 Å². The van der Waals surface area contributed by atoms with Gasteiger partial charge in [0, 0.05) is 17.7 Å². The van der Waals surface area contributed by atoms with Gasteiger partial charge in [0.2, 0.25) is 5.91 Å². The molecule has 0 unspecified atom stereocenters. The first-order chi connectivity index (χ1) is 18.1. The lowest BCUT2D eigenvalue weighted by atomic mass is 9.85. The molecule has 2 aliphatic rings. The summed E-state index contributed by atoms with van der Waals surface area (Å²) in [5.41, 5.74) is 1.26. The Labute approximate surface area is 216 Å². The third-order valence-corrected chi connectivity index (χ3v) is 6.82. The van der Waals surface area contributed by atoms with Gasteiger partial charge in [0.1, 0.15) is 29.6 Å². The van der Waals surface area contributed by atoms with E-state index in [2.05, 4.69) is 27.1 Å². The number of anilines is 1. The highest BCUT2D eigenvalue weighted by Gasteiger charge is 2.42. The van der Waals surface area contributed by atoms with Gasteiger partial charge in [-0.15, -0.1) is 0 Å². The molecule has 0 spiro atoms. The van der Waals surface area contributed by atoms with Crippen LogP contribution in [-0.2, 0) is 16.8 Å². The summed E-state index contributed by atoms with van der Waals surface area (Å²) in [4.78, 5) is 26.7. The molecule has 0 bridgehead atoms. The number of nitrogens with one attached hydrogen (secondary N) is 1. The average molecular weight is 518 g/mol. The molecular formula is C28H22F3N5O2. The normalized spacial score (nSPS) is 15.7. The van der Waals surface area contributed by atoms with E-state index in [9.17, 15) is 18.0 Å². The zero-order chi connectivity index (χ0) is 26.8. The van der Waals surface area contributed by atoms with Crippen LogP contribution in [0.25, 0.3) is 17.2 Å². The third kappa shape index (κ3) is 3.86. The second kappa shape index (κ2) is 8.58. The van der Waals surface area contributed by atoms with Crippen LogP contribution in [-0.4, -0.2) is 25.3 Å². The standard InChI is InChI=1S/C28H22F3N5O2/c1-14-23(25-33-19(11-8-15-6-7-15)21-24(34-25)35-27(37)28(21,2)3)36-12-4-5-20(26(36)32-14)38-13-16-17(29)9-10-18(30)22(16)31/h4-5,9-10,12,15H,6-7,13H2,1-3H3,(H,33,34,35,37). The Balaban J connectivity index is 1.44. The maximum atomic E-state index is 14.1. The van der Waals surface area contributed by atoms with Gasteiger partial charge in [-0.3, -0.25) is 9.20 Å². The van der Waals surface area contributed by atoms with Crippen LogP contribution < -0.4 is 10.1 Å². The number of nitrogens with zero attached hydrogens (tertiary/aromatic N) is 4. The number of imidazole rings is 1. The van der Waals surface area contributed by atoms with Crippen LogP contribution >= 0.6 is 0 Å². The lowest BCUT2D eigenvalue weighted by Gasteiger charge is -2.16. The topological polar surface area (TPSA) is 81.4 Å². The second-order valence-corrected chi connectivity index (χ2v) is 9.96. The molecule has 1 aliphatic heterocycles. The lowest BCUT2D eigenvalue weighted by Crippen LogP contribution is -2.27. The van der Waals surface area contributed by atoms with Gasteiger partial charge in [-0.1, -0.05) is 5.92 Å². The van der Waals surface area contributed by atoms with Crippen LogP contribution in [0, 0.1) is 42.1 Å². The minimum Gasteiger partial charge on any atom is -0.485 e. The van der Waals surface area contributed by atoms with Crippen molar-refractivity contribution < 1.29 is 22.7 Å². The molecule has 0 atom stereocenters. The number of aromatic nitrogens is 4. The number of ether oxygens (including phenoxy) is 1. The predicted octanol–water partition coefficient (Wildman–Crippen LogP) is 5.09. The van der Waals surface area contributed by atoms with E-state index in [1.807, 2.05) is 13.8 Å². The fourth-order valence-corrected chi connectivity index (χ4v) is 4.50. The minimum absolute atomic E-state index is 0.184. The number of hydrogen-bond donors (Lipinski definition) is 1. The van der Waals surface area contributed by atoms with Crippen molar-refractivity contribution in [2.75, 3.05) is 5.32 Å². The molecule has 0 saturated heterocycles. The molecule has 3 aromatic heterocycles. The smallest absolute Gasteiger partial charge is 0.235 e. The quantitative estimate of drug-likeness (QED) is 0.301. The van der Waals surface area contributed by atoms with E-state index in [0.717, 1.165) is 25.0 Å². The lowest BCUT2D eigenvalue weighted by molar-refractivity contribution is -0.119. The Bertz CT molecular complexity index is 1710. The number of aryl methyl sites for hydroxylation is 1. The van der Waals surface area contributed by atoms with E-state index in [1.54, 1.807) is 29.7 Å². The Hall–Kier alpha value is -4.39. The summed E-state index contributed by atoms with van der Waals surface area (Å²) in [5, 5.41) is 2.85. The van der Waals surface area contributed by atoms with Crippen molar-refractivity contribution >= 4 is 17.4 Å². The number of hydrogen-bond acceptors (Lipinski definition) is 5. The SMILES string of the molecule is Cc1nc2c(OCc3c(F)ccc(F)c3F)cccn2c1-c1nc(C#CC2CC2)c2c(n1)NC(=O)C2(C)C. The maximum absolute atomic E-state index is 14.1. The monoisotopic (exact) mass is 517 g/mol. The molecule has 1 saturated carbocycles. The molecule has 10 heteroatoms. The summed E-state index contributed by atoms with van der Waals surface area (Å²) in [6, 6.07) is 4.85. The Morgan fingerprint density at radius 2 is 1.89 bits per heavy atom. The third-order valence-electron chi connectivity index (χ3n) is 6.82. The van der Waals surface area contributed by atoms with Crippen LogP contribution in [0.1, 0.15) is 49.2 Å². The van der Waals surface area contributed by atoms with Crippen molar-refractivity contribution in [2.45, 2.75) is 45.6 Å². The van der Waals surface area contributed by atoms with Gasteiger partial charge in [-0.2, -0.15) is 0 Å². The number of carbonyl (C=O) groups excluding carboxylic acids is 1. The largest absolute Gasteiger partial charge is 0.485 e. The first-order valence-electron chi connectivity index (χ1n) is 12.1. The molecule has 7 nitrogen and oxygen atoms in total. The van der Waals surface area contributed by atoms with Crippen LogP contribution in [0.2, 0.25) is 0 Å². The zero-order valence-corrected chi connectivity index (χ0v) is 20.8. The molecule has 192 valence electrons. The van der Waals surface area contributed by atoms with Gasteiger partial charge in [0.05, 0.1) is 16.7 Å². The van der Waals surface area contributed by atoms with E-state index >= 15 is 0 Å². The number of halogens is 3. The molecule has 1 aliphatic carbocycles. The number of pyridine rings is 1. The van der Waals surface area contributed by atoms with Crippen molar-refractivity contribution in [3.63, 3.8) is 0 Å². The predicted molar refractivity (Wildman–Crippen MR) is 133 cm³/mol. The van der Waals surface area contributed by atoms with Gasteiger partial charge in [-0.25, -0.2) is 28.1 Å². The number of rotatable bonds is 4. The summed E-state index contributed by atoms with van der Waals surface area (Å²) in [7, 11) is 0. The summed E-state index contributed by atoms with van der Waals surface area (Å²) in [5.74, 6) is 4.12. The highest BCUT2D eigenvalue weighted by atomic mass is 19.2. The van der Waals surface area contributed by atoms with Crippen molar-refractivity contribution in [2.24, 2.45) is 5.92 Å². The molecular weight excluding hydrogens is 495 g/mol. The molecule has 0 radical (unpaired) electrons. The van der Waals surface area contributed by atoms with Gasteiger partial charge in [0.15, 0.2) is 28.9 Å². The molecule has 1 amide bonds. The summed E-state index contributed by atoms with van der Waals surface area (Å²) in [6.45, 7) is 4.86. The zero-order valence-electron chi connectivity index (χ0n) is 20.8. The van der Waals surface area contributed by atoms with E-state index < -0.39 is 35.0 Å². The molecule has 1 N–H and O–H groups in total. The van der Waals surface area contributed by atoms with E-state index in [4.69, 9.17) is 9.72 Å². The molecule has 1 aromatic carbocycles. The molecule has 1 fully saturated rings. The molecule has 4 aromatic rings. The van der Waals surface area contributed by atoms with Crippen molar-refractivity contribution in [1.82, 2.24) is 19.4 Å². The number of carbonyl (C=O) groups is 1. The highest BCUT2D eigenvalue weighted by molar-refractivity contribution is 6.05. The number of fused-ring (bicyclic) bond motifs is 2. The first kappa shape index (κ1) is 24.0. The van der Waals surface area contributed by atoms with E-state index in [1.165, 1.54) is 0 Å². The fraction of sp³-hybridized carbons (Fsp3) is 0.286. The first-order valence-corrected chi connectivity index (χ1v) is 12.1. The minimum atomic E-state index is -1.30. The second-order valence-electron chi connectivity index (χ2n) is 9.96. The summed E-state index contributed by atoms with van der Waals surface area (Å²) < 4.78 is 49.3. The van der Waals surface area contributed by atoms with Crippen molar-refractivity contribution in [3.8, 4) is 29.1 Å². The highest BCUT2D eigenvalue weighted by Crippen LogP contribution is 2.40. The van der Waals surface area contributed by atoms with Gasteiger partial charge >= 0.3 is 0 Å². The number of benzene rings is 1. The van der Waals surface area contributed by atoms with Crippen LogP contribution in [0.4, 0.5) is 19.0 Å². The Morgan fingerprint density at radius 3 is 2.66 bits per heavy atom. The van der Waals surface area contributed by atoms with Crippen LogP contribution in [0.5, 0.6) is 5.75 Å². The average Bonchev–Trinajstić information content (AvgIpc) is 3.59. The van der Waals surface area contributed by atoms with E-state index in [-0.39, 0.29) is 11.7 Å². The van der Waals surface area contributed by atoms with Gasteiger partial charge in [-0.05, 0) is 63.8 Å². The van der Waals surface area contributed by atoms with Crippen LogP contribution in [0.3, 0.4) is 0 Å². The van der Waals surface area contributed by atoms with Crippen molar-refractivity contribution in [3.05, 3.63) is 70.4 Å². The maximum Gasteiger partial charge on any atom is 0.235 e. The molecule has 38 heavy (non-hydrogen) atoms. The fourth-order valence-electron chi connectivity index (χ4n) is 4.50. The Kier molecular flexibility index (Phi) is 5.42. The van der Waals surface area contributed by atoms with Gasteiger partial charge in [0.25, 0.3) is 0 Å². The molecule has 6 rings (SSSR count). The summed E-state index contributed by atoms with van der Waals surface area (Å²) in [6.07, 6.45) is 3.83. The Morgan fingerprint density at radius 1 is 1.13 bits per heavy atom. The van der Waals surface area contributed by atoms with E-state index in [0.29, 0.717) is 45.9 Å². The number of amides is 1. The van der Waals surface area contributed by atoms with Gasteiger partial charge < -0.3 is 10.1 Å². The van der Waals surface area contributed by atoms with Crippen molar-refractivity contribution in [1.29, 1.82) is 0 Å².